The fourth-order valence-corrected chi connectivity index (χ4v) is 22.7. The first-order valence-electron chi connectivity index (χ1n) is 42.4. The molecule has 27 atom stereocenters. The SMILES string of the molecule is CC[C@H]1O[C@@H](n2cc(C)c(N)nc2=O)C[C@H]1OP(=O)(S)OC[C@H]1O[C@@H](n2cc(C)c(=O)[nH]c2=O)C[C@H]1OP(=O)(S)OC[C@H]1O[C@@H](n2cc(C)c(N)nc2=O)C(OCCOC)[C@H]1OP(=O)(O)OC[C@H]1O[C@@H](n2cc(C)c(=O)[nH]c2=O)C(OCCOC)[C@H]1OP(=O)(S)OC[C@H]1O[C@@H](n2cc(C)c(N)nc2=O)C(OCCOC)[C@H]1OP(=O)(S)OC[C@H]1O[C@@H](n2cnc3c(N)ccnc32)C(OCCOC)[C@H]1O. The van der Waals surface area contributed by atoms with Crippen molar-refractivity contribution >= 4 is 118 Å². The van der Waals surface area contributed by atoms with E-state index in [2.05, 4.69) is 83.9 Å². The van der Waals surface area contributed by atoms with Gasteiger partial charge in [-0.05, 0) is 47.1 Å². The number of nitrogens with one attached hydrogen (secondary N) is 2. The number of aryl methyl sites for hydroxylation is 5. The Morgan fingerprint density at radius 3 is 1.24 bits per heavy atom. The van der Waals surface area contributed by atoms with E-state index in [0.717, 1.165) is 24.5 Å². The Bertz CT molecular complexity index is 6170. The monoisotopic (exact) mass is 2130 g/mol. The van der Waals surface area contributed by atoms with Gasteiger partial charge in [-0.2, -0.15) is 15.0 Å². The van der Waals surface area contributed by atoms with Crippen LogP contribution in [-0.4, -0.2) is 284 Å². The molecule has 6 aliphatic rings. The van der Waals surface area contributed by atoms with Crippen LogP contribution in [-0.2, 0) is 134 Å². The predicted molar refractivity (Wildman–Crippen MR) is 493 cm³/mol. The summed E-state index contributed by atoms with van der Waals surface area (Å²) in [6.07, 6.45) is -25.3. The molecule has 12 N–H and O–H groups in total. The number of imidazole rings is 1. The average molecular weight is 2130 g/mol. The zero-order chi connectivity index (χ0) is 99.9. The van der Waals surface area contributed by atoms with Crippen molar-refractivity contribution in [2.45, 2.75) is 196 Å². The molecule has 13 heterocycles. The lowest BCUT2D eigenvalue weighted by Gasteiger charge is -2.29. The highest BCUT2D eigenvalue weighted by Gasteiger charge is 2.58. The first kappa shape index (κ1) is 109. The molecule has 64 heteroatoms. The quantitative estimate of drug-likeness (QED) is 0.0148. The number of hydrogen-bond acceptors (Lipinski definition) is 46. The van der Waals surface area contributed by atoms with E-state index in [0.29, 0.717) is 11.1 Å². The van der Waals surface area contributed by atoms with E-state index in [4.69, 9.17) is 134 Å². The van der Waals surface area contributed by atoms with Crippen molar-refractivity contribution in [1.82, 2.24) is 62.3 Å². The van der Waals surface area contributed by atoms with Gasteiger partial charge >= 0.3 is 63.5 Å². The zero-order valence-corrected chi connectivity index (χ0v) is 83.5. The van der Waals surface area contributed by atoms with Gasteiger partial charge in [-0.25, -0.2) is 56.8 Å². The summed E-state index contributed by atoms with van der Waals surface area (Å²) in [4.78, 5) is 131. The van der Waals surface area contributed by atoms with Gasteiger partial charge in [0.1, 0.15) is 121 Å². The van der Waals surface area contributed by atoms with Crippen LogP contribution >= 0.6 is 84.0 Å². The Balaban J connectivity index is 0.775. The third kappa shape index (κ3) is 26.2. The highest BCUT2D eigenvalue weighted by atomic mass is 32.7. The van der Waals surface area contributed by atoms with Crippen LogP contribution in [0.15, 0.2) is 83.1 Å². The van der Waals surface area contributed by atoms with Gasteiger partial charge in [0.15, 0.2) is 30.6 Å². The van der Waals surface area contributed by atoms with Crippen molar-refractivity contribution in [3.8, 4) is 0 Å². The summed E-state index contributed by atoms with van der Waals surface area (Å²) in [7, 11) is -0.484. The molecular weight excluding hydrogens is 2020 g/mol. The molecule has 0 aromatic carbocycles. The van der Waals surface area contributed by atoms with Gasteiger partial charge in [-0.3, -0.25) is 92.2 Å². The number of thiol groups is 4. The molecule has 0 radical (unpaired) electrons. The molecule has 9 unspecified atom stereocenters. The third-order valence-electron chi connectivity index (χ3n) is 22.7. The lowest BCUT2D eigenvalue weighted by atomic mass is 10.1. The zero-order valence-electron chi connectivity index (χ0n) is 75.5. The van der Waals surface area contributed by atoms with Gasteiger partial charge in [-0.1, -0.05) is 55.9 Å². The minimum absolute atomic E-state index is 0.000201. The molecule has 6 saturated heterocycles. The number of pyridine rings is 1. The number of hydrogen-bond donors (Lipinski definition) is 12. The summed E-state index contributed by atoms with van der Waals surface area (Å²) in [5.41, 5.74) is 19.5. The molecule has 6 aliphatic heterocycles. The standard InChI is InChI=1S/C74H108N17O38P5S4/c1-11-41-42(22-49(119-41)86-24-35(2)60(76)81-70(86)95)125-131(102,135)115-29-44-43(23-50(120-44)87-27-38(5)64(93)84-73(87)98)126-132(103,136)117-32-47-53(57(111-19-15-107-8)67(123-47)88-25-36(3)61(77)82-71(88)96)127-130(100,101)114-31-46-54(58(112-20-16-108-9)69(122-46)90-28-39(6)65(94)85-74(90)99)128-134(105,138)118-33-48-55(59(113-21-17-109-10)68(124-48)89-26-37(4)62(78)83-72(89)97)129-133(104,137)116-30-45-52(92)56(110-18-14-106-7)66(121-45)91-34-80-51-40(75)12-13-79-63(51)91/h12-13,24-28,34,41-50,52-59,66-69,92H,11,14-23,29-33H2,1-10H3,(H2,75,79)(H,100,101)(H,102,135)(H,103,136)(H,104,137)(H,105,138)(H2,76,81,95)(H2,77,82,96)(H2,78,83,97)(H,84,93,98)(H,85,94,99)/t41-,42-,43-,44-,45-,46-,47-,48-,49-,50-,52+,53+,54+,55+,56?,57?,58?,59?,66-,67-,68-,69-,131?,132?,133?,134?/m1/s1. The van der Waals surface area contributed by atoms with E-state index in [1.165, 1.54) is 109 Å². The van der Waals surface area contributed by atoms with Crippen LogP contribution < -0.4 is 62.5 Å². The second-order valence-electron chi connectivity index (χ2n) is 32.2. The first-order valence-corrected chi connectivity index (χ1v) is 54.7. The number of methoxy groups -OCH3 is 4. The molecule has 0 saturated carbocycles. The van der Waals surface area contributed by atoms with Crippen molar-refractivity contribution in [2.75, 3.05) is 137 Å². The summed E-state index contributed by atoms with van der Waals surface area (Å²) in [5, 5.41) is 11.9. The maximum atomic E-state index is 15.5. The van der Waals surface area contributed by atoms with Gasteiger partial charge in [-0.15, -0.1) is 0 Å². The number of rotatable bonds is 48. The number of H-pyrrole nitrogens is 2. The van der Waals surface area contributed by atoms with Gasteiger partial charge < -0.3 is 99.3 Å². The van der Waals surface area contributed by atoms with E-state index < -0.39 is 249 Å². The van der Waals surface area contributed by atoms with Crippen molar-refractivity contribution < 1.29 is 144 Å². The maximum absolute atomic E-state index is 15.5. The summed E-state index contributed by atoms with van der Waals surface area (Å²) < 4.78 is 226. The van der Waals surface area contributed by atoms with Crippen LogP contribution in [0.4, 0.5) is 23.1 Å². The van der Waals surface area contributed by atoms with Crippen molar-refractivity contribution in [3.63, 3.8) is 0 Å². The van der Waals surface area contributed by atoms with Crippen LogP contribution in [0.1, 0.15) is 91.4 Å². The number of aliphatic hydroxyl groups is 1. The fourth-order valence-electron chi connectivity index (χ4n) is 15.7. The number of aliphatic hydroxyl groups excluding tert-OH is 1. The molecule has 766 valence electrons. The number of fused-ring (bicyclic) bond motifs is 1. The number of nitrogen functional groups attached to an aromatic ring is 4. The average Bonchev–Trinajstić information content (AvgIpc) is 1.62. The number of aromatic nitrogens is 13. The van der Waals surface area contributed by atoms with Crippen molar-refractivity contribution in [3.05, 3.63) is 151 Å². The highest BCUT2D eigenvalue weighted by molar-refractivity contribution is 8.45. The number of aromatic amines is 2. The van der Waals surface area contributed by atoms with E-state index in [9.17, 15) is 48.1 Å². The van der Waals surface area contributed by atoms with Crippen LogP contribution in [0.5, 0.6) is 0 Å². The Morgan fingerprint density at radius 2 is 0.775 bits per heavy atom. The predicted octanol–water partition coefficient (Wildman–Crippen LogP) is 2.50. The molecule has 0 bridgehead atoms. The lowest BCUT2D eigenvalue weighted by Crippen LogP contribution is -2.42. The molecule has 7 aromatic heterocycles. The van der Waals surface area contributed by atoms with Gasteiger partial charge in [0.2, 0.25) is 0 Å². The second kappa shape index (κ2) is 46.6. The van der Waals surface area contributed by atoms with Crippen molar-refractivity contribution in [2.24, 2.45) is 0 Å². The highest BCUT2D eigenvalue weighted by Crippen LogP contribution is 2.63. The minimum Gasteiger partial charge on any atom is -0.397 e. The van der Waals surface area contributed by atoms with Crippen LogP contribution in [0.25, 0.3) is 11.2 Å². The molecule has 13 rings (SSSR count). The van der Waals surface area contributed by atoms with E-state index in [-0.39, 0.29) is 117 Å². The van der Waals surface area contributed by atoms with Gasteiger partial charge in [0.05, 0.1) is 110 Å². The van der Waals surface area contributed by atoms with E-state index in [1.807, 2.05) is 0 Å². The molecule has 0 aliphatic carbocycles. The number of nitrogens with zero attached hydrogens (tertiary/aromatic N) is 11. The Labute approximate surface area is 804 Å². The van der Waals surface area contributed by atoms with Gasteiger partial charge in [0, 0.05) is 106 Å². The lowest BCUT2D eigenvalue weighted by molar-refractivity contribution is -0.0846. The normalized spacial score (nSPS) is 29.4. The van der Waals surface area contributed by atoms with E-state index in [1.54, 1.807) is 13.8 Å². The molecule has 7 aromatic rings. The third-order valence-corrected chi connectivity index (χ3v) is 30.2. The molecular formula is C74H108N17O38P5S4. The largest absolute Gasteiger partial charge is 0.472 e. The topological polar surface area (TPSA) is 697 Å². The molecule has 55 nitrogen and oxygen atoms in total. The Hall–Kier alpha value is -6.67. The molecule has 138 heavy (non-hydrogen) atoms. The van der Waals surface area contributed by atoms with Crippen molar-refractivity contribution in [1.29, 1.82) is 0 Å². The summed E-state index contributed by atoms with van der Waals surface area (Å²) in [6, 6.07) is 1.53. The Kier molecular flexibility index (Phi) is 36.7. The van der Waals surface area contributed by atoms with Crippen LogP contribution in [0, 0.1) is 34.6 Å². The number of anilines is 4. The summed E-state index contributed by atoms with van der Waals surface area (Å²) in [5.74, 6) is -0.395. The summed E-state index contributed by atoms with van der Waals surface area (Å²) >= 11 is 17.4. The second-order valence-corrected chi connectivity index (χ2v) is 45.1. The first-order chi connectivity index (χ1) is 65.3. The summed E-state index contributed by atoms with van der Waals surface area (Å²) in [6.45, 7) is -16.9. The molecule has 0 spiro atoms. The number of phosphoric ester groups is 1. The van der Waals surface area contributed by atoms with E-state index >= 15 is 18.3 Å². The number of phosphoric acid groups is 1. The van der Waals surface area contributed by atoms with Gasteiger partial charge in [0.25, 0.3) is 11.1 Å². The maximum Gasteiger partial charge on any atom is 0.472 e. The molecule has 0 amide bonds. The number of ether oxygens (including phenoxy) is 14. The number of nitrogens with two attached hydrogens (primary N) is 4. The fraction of sp³-hybridized carbons (Fsp3) is 0.649. The smallest absolute Gasteiger partial charge is 0.397 e. The minimum atomic E-state index is -5.88. The van der Waals surface area contributed by atoms with Crippen LogP contribution in [0.3, 0.4) is 0 Å². The Morgan fingerprint density at radius 1 is 0.420 bits per heavy atom. The van der Waals surface area contributed by atoms with Crippen LogP contribution in [0.2, 0.25) is 0 Å². The molecule has 6 fully saturated rings.